The molecule has 2 fully saturated rings. The summed E-state index contributed by atoms with van der Waals surface area (Å²) in [4.78, 5) is 0. The summed E-state index contributed by atoms with van der Waals surface area (Å²) in [6.07, 6.45) is 9.42. The van der Waals surface area contributed by atoms with Crippen LogP contribution in [0, 0.1) is 23.2 Å². The maximum absolute atomic E-state index is 9.51. The highest BCUT2D eigenvalue weighted by Gasteiger charge is 2.34. The highest BCUT2D eigenvalue weighted by molar-refractivity contribution is 5.09. The summed E-state index contributed by atoms with van der Waals surface area (Å²) >= 11 is 0. The summed E-state index contributed by atoms with van der Waals surface area (Å²) in [7, 11) is 0. The van der Waals surface area contributed by atoms with Crippen LogP contribution in [-0.2, 0) is 4.74 Å². The minimum Gasteiger partial charge on any atom is -0.378 e. The molecule has 0 amide bonds. The van der Waals surface area contributed by atoms with Crippen molar-refractivity contribution in [1.29, 1.82) is 5.26 Å². The second kappa shape index (κ2) is 7.61. The number of rotatable bonds is 8. The lowest BCUT2D eigenvalue weighted by Crippen LogP contribution is -2.45. The van der Waals surface area contributed by atoms with Gasteiger partial charge in [-0.15, -0.1) is 0 Å². The Kier molecular flexibility index (Phi) is 6.08. The Hall–Kier alpha value is -0.590. The first-order valence-electron chi connectivity index (χ1n) is 8.89. The molecule has 0 aliphatic heterocycles. The third-order valence-electron chi connectivity index (χ3n) is 5.53. The molecule has 2 rings (SSSR count). The predicted octanol–water partition coefficient (Wildman–Crippen LogP) is 4.03. The van der Waals surface area contributed by atoms with Gasteiger partial charge < -0.3 is 4.74 Å². The summed E-state index contributed by atoms with van der Waals surface area (Å²) in [5.41, 5.74) is -0.321. The maximum Gasteiger partial charge on any atom is 0.106 e. The van der Waals surface area contributed by atoms with Crippen molar-refractivity contribution in [2.45, 2.75) is 89.8 Å². The van der Waals surface area contributed by atoms with E-state index in [-0.39, 0.29) is 5.54 Å². The fraction of sp³-hybridized carbons (Fsp3) is 0.944. The first kappa shape index (κ1) is 16.8. The molecule has 0 aromatic carbocycles. The molecule has 2 saturated carbocycles. The Labute approximate surface area is 130 Å². The van der Waals surface area contributed by atoms with E-state index in [1.165, 1.54) is 32.1 Å². The molecule has 120 valence electrons. The standard InChI is InChI=1S/C18H32N2O/c1-4-18(13-19,20-16-7-8-16)10-5-11-21-17-9-6-14(2)15(3)12-17/h14-17,20H,4-12H2,1-3H3. The van der Waals surface area contributed by atoms with E-state index in [0.717, 1.165) is 37.7 Å². The van der Waals surface area contributed by atoms with Crippen molar-refractivity contribution in [3.63, 3.8) is 0 Å². The molecule has 21 heavy (non-hydrogen) atoms. The van der Waals surface area contributed by atoms with Crippen LogP contribution in [0.25, 0.3) is 0 Å². The third-order valence-corrected chi connectivity index (χ3v) is 5.53. The van der Waals surface area contributed by atoms with Crippen LogP contribution in [-0.4, -0.2) is 24.3 Å². The quantitative estimate of drug-likeness (QED) is 0.687. The molecule has 1 N–H and O–H groups in total. The number of nitriles is 1. The second-order valence-electron chi connectivity index (χ2n) is 7.33. The van der Waals surface area contributed by atoms with Crippen LogP contribution in [0.2, 0.25) is 0 Å². The van der Waals surface area contributed by atoms with Crippen molar-refractivity contribution < 1.29 is 4.74 Å². The molecular weight excluding hydrogens is 260 g/mol. The van der Waals surface area contributed by atoms with Gasteiger partial charge in [0.15, 0.2) is 0 Å². The van der Waals surface area contributed by atoms with Crippen molar-refractivity contribution in [3.05, 3.63) is 0 Å². The molecule has 0 radical (unpaired) electrons. The molecule has 4 atom stereocenters. The van der Waals surface area contributed by atoms with Gasteiger partial charge in [-0.1, -0.05) is 20.8 Å². The molecule has 2 aliphatic rings. The Morgan fingerprint density at radius 3 is 2.52 bits per heavy atom. The van der Waals surface area contributed by atoms with Gasteiger partial charge in [0, 0.05) is 12.6 Å². The Morgan fingerprint density at radius 2 is 1.95 bits per heavy atom. The Bertz CT molecular complexity index is 361. The summed E-state index contributed by atoms with van der Waals surface area (Å²) in [5.74, 6) is 1.63. The van der Waals surface area contributed by atoms with Crippen molar-refractivity contribution in [2.24, 2.45) is 11.8 Å². The predicted molar refractivity (Wildman–Crippen MR) is 85.9 cm³/mol. The molecule has 0 aromatic heterocycles. The summed E-state index contributed by atoms with van der Waals surface area (Å²) < 4.78 is 6.07. The zero-order valence-corrected chi connectivity index (χ0v) is 14.0. The van der Waals surface area contributed by atoms with Gasteiger partial charge >= 0.3 is 0 Å². The normalized spacial score (nSPS) is 32.4. The fourth-order valence-corrected chi connectivity index (χ4v) is 3.41. The molecule has 0 heterocycles. The summed E-state index contributed by atoms with van der Waals surface area (Å²) in [5, 5.41) is 13.1. The lowest BCUT2D eigenvalue weighted by molar-refractivity contribution is -0.000363. The first-order valence-corrected chi connectivity index (χ1v) is 8.89. The van der Waals surface area contributed by atoms with Crippen molar-refractivity contribution in [2.75, 3.05) is 6.61 Å². The van der Waals surface area contributed by atoms with Gasteiger partial charge in [0.2, 0.25) is 0 Å². The van der Waals surface area contributed by atoms with Gasteiger partial charge in [0.1, 0.15) is 5.54 Å². The van der Waals surface area contributed by atoms with E-state index in [9.17, 15) is 5.26 Å². The monoisotopic (exact) mass is 292 g/mol. The van der Waals surface area contributed by atoms with E-state index < -0.39 is 0 Å². The van der Waals surface area contributed by atoms with E-state index in [4.69, 9.17) is 4.74 Å². The van der Waals surface area contributed by atoms with Gasteiger partial charge in [-0.25, -0.2) is 0 Å². The fourth-order valence-electron chi connectivity index (χ4n) is 3.41. The number of hydrogen-bond donors (Lipinski definition) is 1. The van der Waals surface area contributed by atoms with Crippen molar-refractivity contribution in [3.8, 4) is 6.07 Å². The van der Waals surface area contributed by atoms with Gasteiger partial charge in [-0.2, -0.15) is 5.26 Å². The largest absolute Gasteiger partial charge is 0.378 e. The average Bonchev–Trinajstić information content (AvgIpc) is 3.30. The van der Waals surface area contributed by atoms with Gasteiger partial charge in [0.05, 0.1) is 12.2 Å². The van der Waals surface area contributed by atoms with E-state index >= 15 is 0 Å². The van der Waals surface area contributed by atoms with Gasteiger partial charge in [-0.05, 0) is 63.2 Å². The molecular formula is C18H32N2O. The van der Waals surface area contributed by atoms with Gasteiger partial charge in [0.25, 0.3) is 0 Å². The highest BCUT2D eigenvalue weighted by atomic mass is 16.5. The van der Waals surface area contributed by atoms with Gasteiger partial charge in [-0.3, -0.25) is 5.32 Å². The minimum atomic E-state index is -0.321. The molecule has 2 aliphatic carbocycles. The number of hydrogen-bond acceptors (Lipinski definition) is 3. The zero-order valence-electron chi connectivity index (χ0n) is 14.0. The van der Waals surface area contributed by atoms with Crippen molar-refractivity contribution >= 4 is 0 Å². The van der Waals surface area contributed by atoms with E-state index in [1.807, 2.05) is 0 Å². The summed E-state index contributed by atoms with van der Waals surface area (Å²) in [6, 6.07) is 3.11. The molecule has 4 unspecified atom stereocenters. The third kappa shape index (κ3) is 4.97. The van der Waals surface area contributed by atoms with Crippen LogP contribution in [0.5, 0.6) is 0 Å². The van der Waals surface area contributed by atoms with Crippen molar-refractivity contribution in [1.82, 2.24) is 5.32 Å². The Morgan fingerprint density at radius 1 is 1.19 bits per heavy atom. The molecule has 0 spiro atoms. The van der Waals surface area contributed by atoms with E-state index in [2.05, 4.69) is 32.2 Å². The van der Waals surface area contributed by atoms with Crippen LogP contribution >= 0.6 is 0 Å². The van der Waals surface area contributed by atoms with E-state index in [0.29, 0.717) is 12.1 Å². The van der Waals surface area contributed by atoms with Crippen LogP contribution in [0.3, 0.4) is 0 Å². The number of ether oxygens (including phenoxy) is 1. The average molecular weight is 292 g/mol. The second-order valence-corrected chi connectivity index (χ2v) is 7.33. The van der Waals surface area contributed by atoms with E-state index in [1.54, 1.807) is 0 Å². The molecule has 3 nitrogen and oxygen atoms in total. The lowest BCUT2D eigenvalue weighted by atomic mass is 9.80. The Balaban J connectivity index is 1.67. The van der Waals surface area contributed by atoms with Crippen LogP contribution in [0.1, 0.15) is 72.1 Å². The molecule has 3 heteroatoms. The summed E-state index contributed by atoms with van der Waals surface area (Å²) in [6.45, 7) is 7.62. The number of nitrogens with zero attached hydrogens (tertiary/aromatic N) is 1. The highest BCUT2D eigenvalue weighted by Crippen LogP contribution is 2.31. The minimum absolute atomic E-state index is 0.321. The number of nitrogens with one attached hydrogen (secondary N) is 1. The molecule has 0 bridgehead atoms. The van der Waals surface area contributed by atoms with Crippen LogP contribution < -0.4 is 5.32 Å². The first-order chi connectivity index (χ1) is 10.1. The van der Waals surface area contributed by atoms with Crippen LogP contribution in [0.4, 0.5) is 0 Å². The smallest absolute Gasteiger partial charge is 0.106 e. The lowest BCUT2D eigenvalue weighted by Gasteiger charge is -2.32. The maximum atomic E-state index is 9.51. The SMILES string of the molecule is CCC(C#N)(CCCOC1CCC(C)C(C)C1)NC1CC1. The van der Waals surface area contributed by atoms with Crippen LogP contribution in [0.15, 0.2) is 0 Å². The topological polar surface area (TPSA) is 45.0 Å². The molecule has 0 aromatic rings. The zero-order chi connectivity index (χ0) is 15.3. The molecule has 0 saturated heterocycles.